The van der Waals surface area contributed by atoms with E-state index in [0.717, 1.165) is 0 Å². The van der Waals surface area contributed by atoms with Gasteiger partial charge in [0, 0.05) is 0 Å². The molecule has 0 amide bonds. The van der Waals surface area contributed by atoms with Crippen molar-refractivity contribution in [2.24, 2.45) is 5.41 Å². The zero-order chi connectivity index (χ0) is 6.50. The average Bonchev–Trinajstić information content (AvgIpc) is 1.36. The SMILES string of the molecule is [CH2-]C(C)(C)C.[O]=[Zr]. The summed E-state index contributed by atoms with van der Waals surface area (Å²) in [6, 6.07) is 0. The van der Waals surface area contributed by atoms with Gasteiger partial charge in [-0.25, -0.2) is 0 Å². The summed E-state index contributed by atoms with van der Waals surface area (Å²) in [6.45, 7) is 10.0. The Morgan fingerprint density at radius 2 is 1.29 bits per heavy atom. The van der Waals surface area contributed by atoms with Gasteiger partial charge in [0.1, 0.15) is 0 Å². The van der Waals surface area contributed by atoms with Crippen LogP contribution in [0.4, 0.5) is 0 Å². The third-order valence-corrected chi connectivity index (χ3v) is 0. The quantitative estimate of drug-likeness (QED) is 0.517. The molecule has 0 heterocycles. The van der Waals surface area contributed by atoms with Gasteiger partial charge in [0.15, 0.2) is 0 Å². The molecular weight excluding hydrogens is 167 g/mol. The summed E-state index contributed by atoms with van der Waals surface area (Å²) in [5.74, 6) is 0. The van der Waals surface area contributed by atoms with Crippen molar-refractivity contribution < 1.29 is 27.5 Å². The van der Waals surface area contributed by atoms with Crippen LogP contribution in [0.3, 0.4) is 0 Å². The molecule has 0 spiro atoms. The molecule has 0 aliphatic heterocycles. The van der Waals surface area contributed by atoms with E-state index in [-0.39, 0.29) is 5.41 Å². The predicted molar refractivity (Wildman–Crippen MR) is 25.5 cm³/mol. The first-order chi connectivity index (χ1) is 3.00. The summed E-state index contributed by atoms with van der Waals surface area (Å²) in [4.78, 5) is 0. The molecule has 0 bridgehead atoms. The Hall–Kier alpha value is 0.683. The van der Waals surface area contributed by atoms with E-state index in [1.807, 2.05) is 0 Å². The Bertz CT molecular complexity index is 31.8. The minimum atomic E-state index is 0.250. The van der Waals surface area contributed by atoms with Crippen LogP contribution in [0.15, 0.2) is 0 Å². The van der Waals surface area contributed by atoms with Gasteiger partial charge in [-0.05, 0) is 0 Å². The summed E-state index contributed by atoms with van der Waals surface area (Å²) in [5, 5.41) is 0. The molecule has 0 aliphatic carbocycles. The van der Waals surface area contributed by atoms with Crippen molar-refractivity contribution in [3.8, 4) is 0 Å². The van der Waals surface area contributed by atoms with Gasteiger partial charge in [0.05, 0.1) is 0 Å². The summed E-state index contributed by atoms with van der Waals surface area (Å²) in [7, 11) is 0. The maximum absolute atomic E-state index is 8.34. The van der Waals surface area contributed by atoms with Crippen LogP contribution in [-0.2, 0) is 27.5 Å². The van der Waals surface area contributed by atoms with E-state index >= 15 is 0 Å². The van der Waals surface area contributed by atoms with E-state index in [1.54, 1.807) is 0 Å². The van der Waals surface area contributed by atoms with Crippen molar-refractivity contribution >= 4 is 0 Å². The first-order valence-electron chi connectivity index (χ1n) is 2.06. The fraction of sp³-hybridized carbons (Fsp3) is 0.800. The third-order valence-electron chi connectivity index (χ3n) is 0. The Labute approximate surface area is 60.8 Å². The van der Waals surface area contributed by atoms with Gasteiger partial charge in [-0.3, -0.25) is 0 Å². The Morgan fingerprint density at radius 1 is 1.29 bits per heavy atom. The van der Waals surface area contributed by atoms with Crippen molar-refractivity contribution in [3.63, 3.8) is 0 Å². The third kappa shape index (κ3) is 314. The number of hydrogen-bond acceptors (Lipinski definition) is 1. The van der Waals surface area contributed by atoms with Crippen LogP contribution in [-0.4, -0.2) is 0 Å². The summed E-state index contributed by atoms with van der Waals surface area (Å²) in [5.41, 5.74) is 0.250. The van der Waals surface area contributed by atoms with Gasteiger partial charge in [-0.1, -0.05) is 20.8 Å². The van der Waals surface area contributed by atoms with Crippen LogP contribution < -0.4 is 0 Å². The van der Waals surface area contributed by atoms with E-state index in [1.165, 1.54) is 0 Å². The van der Waals surface area contributed by atoms with E-state index in [4.69, 9.17) is 2.81 Å². The molecule has 0 N–H and O–H groups in total. The van der Waals surface area contributed by atoms with E-state index in [2.05, 4.69) is 27.7 Å². The Balaban J connectivity index is 0. The predicted octanol–water partition coefficient (Wildman–Crippen LogP) is 1.75. The van der Waals surface area contributed by atoms with Crippen molar-refractivity contribution in [3.05, 3.63) is 6.92 Å². The molecule has 0 aromatic rings. The maximum atomic E-state index is 8.34. The molecule has 42 valence electrons. The molecule has 0 saturated carbocycles. The molecule has 2 heteroatoms. The molecule has 0 aromatic carbocycles. The van der Waals surface area contributed by atoms with Crippen LogP contribution in [0, 0.1) is 12.3 Å². The summed E-state index contributed by atoms with van der Waals surface area (Å²) in [6.07, 6.45) is 0. The molecule has 0 aliphatic rings. The second-order valence-corrected chi connectivity index (χ2v) is 2.56. The summed E-state index contributed by atoms with van der Waals surface area (Å²) < 4.78 is 8.34. The Kier molecular flexibility index (Phi) is 7.34. The second-order valence-electron chi connectivity index (χ2n) is 2.56. The normalized spacial score (nSPS) is 9.00. The summed E-state index contributed by atoms with van der Waals surface area (Å²) >= 11 is 0.300. The Morgan fingerprint density at radius 3 is 1.29 bits per heavy atom. The zero-order valence-electron chi connectivity index (χ0n) is 5.12. The van der Waals surface area contributed by atoms with Gasteiger partial charge in [-0.2, -0.15) is 5.41 Å². The van der Waals surface area contributed by atoms with Crippen molar-refractivity contribution in [1.29, 1.82) is 0 Å². The zero-order valence-corrected chi connectivity index (χ0v) is 7.57. The fourth-order valence-electron chi connectivity index (χ4n) is 0. The van der Waals surface area contributed by atoms with Crippen molar-refractivity contribution in [2.75, 3.05) is 0 Å². The first kappa shape index (κ1) is 10.6. The standard InChI is InChI=1S/C5H11.O.Zr/c1-5(2,3)4;;/h1H2,2-4H3;;/q-1;;. The van der Waals surface area contributed by atoms with Crippen molar-refractivity contribution in [2.45, 2.75) is 20.8 Å². The monoisotopic (exact) mass is 177 g/mol. The average molecular weight is 178 g/mol. The van der Waals surface area contributed by atoms with E-state index in [9.17, 15) is 0 Å². The van der Waals surface area contributed by atoms with Crippen LogP contribution in [0.5, 0.6) is 0 Å². The molecule has 0 rings (SSSR count). The topological polar surface area (TPSA) is 17.1 Å². The van der Waals surface area contributed by atoms with E-state index in [0.29, 0.717) is 24.7 Å². The molecular formula is C5H11OZr-. The van der Waals surface area contributed by atoms with Crippen molar-refractivity contribution in [1.82, 2.24) is 0 Å². The van der Waals surface area contributed by atoms with Crippen LogP contribution in [0.2, 0.25) is 0 Å². The molecule has 0 fully saturated rings. The van der Waals surface area contributed by atoms with Crippen LogP contribution in [0.1, 0.15) is 20.8 Å². The van der Waals surface area contributed by atoms with Crippen LogP contribution >= 0.6 is 0 Å². The van der Waals surface area contributed by atoms with Gasteiger partial charge in [0.25, 0.3) is 0 Å². The van der Waals surface area contributed by atoms with E-state index < -0.39 is 0 Å². The molecule has 0 radical (unpaired) electrons. The molecule has 0 unspecified atom stereocenters. The number of hydrogen-bond donors (Lipinski definition) is 0. The number of rotatable bonds is 0. The first-order valence-corrected chi connectivity index (χ1v) is 3.06. The van der Waals surface area contributed by atoms with Gasteiger partial charge < -0.3 is 6.92 Å². The minimum absolute atomic E-state index is 0.250. The second kappa shape index (κ2) is 4.83. The van der Waals surface area contributed by atoms with Gasteiger partial charge >= 0.3 is 27.5 Å². The molecule has 1 nitrogen and oxygen atoms in total. The van der Waals surface area contributed by atoms with Gasteiger partial charge in [-0.15, -0.1) is 0 Å². The molecule has 0 atom stereocenters. The van der Waals surface area contributed by atoms with Crippen LogP contribution in [0.25, 0.3) is 0 Å². The fourth-order valence-corrected chi connectivity index (χ4v) is 0. The molecule has 0 aromatic heterocycles. The van der Waals surface area contributed by atoms with Gasteiger partial charge in [0.2, 0.25) is 0 Å². The molecule has 0 saturated heterocycles. The molecule has 7 heavy (non-hydrogen) atoms.